The van der Waals surface area contributed by atoms with Crippen LogP contribution in [-0.4, -0.2) is 33.3 Å². The highest BCUT2D eigenvalue weighted by atomic mass is 32.2. The van der Waals surface area contributed by atoms with Crippen LogP contribution in [0.25, 0.3) is 0 Å². The maximum Gasteiger partial charge on any atom is 0.221 e. The van der Waals surface area contributed by atoms with Gasteiger partial charge in [-0.2, -0.15) is 0 Å². The molecule has 2 aromatic rings. The summed E-state index contributed by atoms with van der Waals surface area (Å²) in [6, 6.07) is 12.1. The van der Waals surface area contributed by atoms with Crippen molar-refractivity contribution in [1.82, 2.24) is 5.32 Å². The zero-order chi connectivity index (χ0) is 19.4. The van der Waals surface area contributed by atoms with E-state index in [1.807, 2.05) is 38.1 Å². The first kappa shape index (κ1) is 19.2. The molecule has 144 valence electrons. The van der Waals surface area contributed by atoms with Crippen LogP contribution in [0.3, 0.4) is 0 Å². The summed E-state index contributed by atoms with van der Waals surface area (Å²) < 4.78 is 35.9. The number of amides is 1. The van der Waals surface area contributed by atoms with Crippen LogP contribution in [0, 0.1) is 6.92 Å². The first-order valence-corrected chi connectivity index (χ1v) is 10.5. The third kappa shape index (κ3) is 4.60. The van der Waals surface area contributed by atoms with Crippen LogP contribution in [0.1, 0.15) is 30.5 Å². The molecule has 0 radical (unpaired) electrons. The van der Waals surface area contributed by atoms with Gasteiger partial charge in [-0.15, -0.1) is 0 Å². The van der Waals surface area contributed by atoms with Crippen molar-refractivity contribution in [2.24, 2.45) is 0 Å². The number of carbonyl (C=O) groups excluding carboxylic acids is 1. The minimum absolute atomic E-state index is 0.104. The van der Waals surface area contributed by atoms with Crippen LogP contribution < -0.4 is 14.8 Å². The number of fused-ring (bicyclic) bond motifs is 1. The number of hydrogen-bond acceptors (Lipinski definition) is 5. The van der Waals surface area contributed by atoms with Gasteiger partial charge in [-0.1, -0.05) is 24.3 Å². The molecule has 0 unspecified atom stereocenters. The molecule has 0 aliphatic carbocycles. The largest absolute Gasteiger partial charge is 0.486 e. The average Bonchev–Trinajstić information content (AvgIpc) is 2.66. The lowest BCUT2D eigenvalue weighted by atomic mass is 10.0. The second-order valence-corrected chi connectivity index (χ2v) is 8.63. The Labute approximate surface area is 159 Å². The Balaban J connectivity index is 1.61. The predicted molar refractivity (Wildman–Crippen MR) is 102 cm³/mol. The molecule has 0 saturated carbocycles. The van der Waals surface area contributed by atoms with Crippen LogP contribution in [0.5, 0.6) is 11.5 Å². The van der Waals surface area contributed by atoms with Gasteiger partial charge >= 0.3 is 0 Å². The molecule has 1 aliphatic rings. The first-order valence-electron chi connectivity index (χ1n) is 8.84. The average molecular weight is 389 g/mol. The van der Waals surface area contributed by atoms with Crippen LogP contribution in [0.4, 0.5) is 0 Å². The fraction of sp³-hybridized carbons (Fsp3) is 0.350. The lowest BCUT2D eigenvalue weighted by Crippen LogP contribution is -2.28. The van der Waals surface area contributed by atoms with Gasteiger partial charge in [0.1, 0.15) is 13.2 Å². The molecular weight excluding hydrogens is 366 g/mol. The summed E-state index contributed by atoms with van der Waals surface area (Å²) in [4.78, 5) is 12.4. The third-order valence-corrected chi connectivity index (χ3v) is 6.22. The standard InChI is InChI=1S/C20H23NO5S/c1-14-5-3-4-6-17(14)15(2)21-20(22)9-12-27(23,24)16-7-8-18-19(13-16)26-11-10-25-18/h3-8,13,15H,9-12H2,1-2H3,(H,21,22)/t15-/m0/s1. The Kier molecular flexibility index (Phi) is 5.70. The fourth-order valence-electron chi connectivity index (χ4n) is 3.03. The SMILES string of the molecule is Cc1ccccc1[C@H](C)NC(=O)CCS(=O)(=O)c1ccc2c(c1)OCCO2. The minimum atomic E-state index is -3.59. The number of rotatable bonds is 6. The van der Waals surface area contributed by atoms with Crippen LogP contribution >= 0.6 is 0 Å². The van der Waals surface area contributed by atoms with Crippen molar-refractivity contribution in [3.05, 3.63) is 53.6 Å². The highest BCUT2D eigenvalue weighted by Crippen LogP contribution is 2.32. The van der Waals surface area contributed by atoms with Crippen LogP contribution in [-0.2, 0) is 14.6 Å². The number of ether oxygens (including phenoxy) is 2. The molecule has 0 aromatic heterocycles. The Morgan fingerprint density at radius 1 is 1.11 bits per heavy atom. The molecule has 0 fully saturated rings. The maximum atomic E-state index is 12.6. The lowest BCUT2D eigenvalue weighted by molar-refractivity contribution is -0.121. The molecule has 1 N–H and O–H groups in total. The van der Waals surface area contributed by atoms with E-state index in [4.69, 9.17) is 9.47 Å². The van der Waals surface area contributed by atoms with E-state index in [2.05, 4.69) is 5.32 Å². The van der Waals surface area contributed by atoms with Gasteiger partial charge in [0.15, 0.2) is 21.3 Å². The Morgan fingerprint density at radius 2 is 1.81 bits per heavy atom. The van der Waals surface area contributed by atoms with E-state index in [0.29, 0.717) is 24.7 Å². The summed E-state index contributed by atoms with van der Waals surface area (Å²) in [5.74, 6) is 0.385. The highest BCUT2D eigenvalue weighted by Gasteiger charge is 2.21. The summed E-state index contributed by atoms with van der Waals surface area (Å²) in [6.45, 7) is 4.69. The Bertz CT molecular complexity index is 939. The molecule has 3 rings (SSSR count). The monoisotopic (exact) mass is 389 g/mol. The number of carbonyl (C=O) groups is 1. The molecule has 0 saturated heterocycles. The zero-order valence-electron chi connectivity index (χ0n) is 15.4. The molecule has 0 spiro atoms. The van der Waals surface area contributed by atoms with Gasteiger partial charge in [-0.05, 0) is 37.1 Å². The summed E-state index contributed by atoms with van der Waals surface area (Å²) in [7, 11) is -3.59. The smallest absolute Gasteiger partial charge is 0.221 e. The van der Waals surface area contributed by atoms with Gasteiger partial charge in [0.2, 0.25) is 5.91 Å². The van der Waals surface area contributed by atoms with Crippen molar-refractivity contribution in [3.8, 4) is 11.5 Å². The third-order valence-electron chi connectivity index (χ3n) is 4.50. The van der Waals surface area contributed by atoms with Gasteiger partial charge in [0, 0.05) is 12.5 Å². The second kappa shape index (κ2) is 8.00. The van der Waals surface area contributed by atoms with E-state index < -0.39 is 9.84 Å². The van der Waals surface area contributed by atoms with Crippen molar-refractivity contribution < 1.29 is 22.7 Å². The Morgan fingerprint density at radius 3 is 2.56 bits per heavy atom. The van der Waals surface area contributed by atoms with Crippen LogP contribution in [0.15, 0.2) is 47.4 Å². The Hall–Kier alpha value is -2.54. The van der Waals surface area contributed by atoms with Crippen molar-refractivity contribution in [2.45, 2.75) is 31.2 Å². The van der Waals surface area contributed by atoms with Gasteiger partial charge in [-0.3, -0.25) is 4.79 Å². The summed E-state index contributed by atoms with van der Waals surface area (Å²) >= 11 is 0. The molecule has 0 bridgehead atoms. The predicted octanol–water partition coefficient (Wildman–Crippen LogP) is 2.81. The van der Waals surface area contributed by atoms with Gasteiger partial charge in [0.05, 0.1) is 16.7 Å². The maximum absolute atomic E-state index is 12.6. The molecule has 2 aromatic carbocycles. The van der Waals surface area contributed by atoms with Crippen molar-refractivity contribution in [1.29, 1.82) is 0 Å². The summed E-state index contributed by atoms with van der Waals surface area (Å²) in [5, 5.41) is 2.86. The van der Waals surface area contributed by atoms with Crippen molar-refractivity contribution in [2.75, 3.05) is 19.0 Å². The van der Waals surface area contributed by atoms with E-state index >= 15 is 0 Å². The van der Waals surface area contributed by atoms with E-state index in [9.17, 15) is 13.2 Å². The molecular formula is C20H23NO5S. The number of hydrogen-bond donors (Lipinski definition) is 1. The van der Waals surface area contributed by atoms with E-state index in [-0.39, 0.29) is 29.0 Å². The summed E-state index contributed by atoms with van der Waals surface area (Å²) in [6.07, 6.45) is -0.104. The van der Waals surface area contributed by atoms with E-state index in [0.717, 1.165) is 11.1 Å². The first-order chi connectivity index (χ1) is 12.9. The topological polar surface area (TPSA) is 81.7 Å². The number of aryl methyl sites for hydroxylation is 1. The molecule has 1 amide bonds. The minimum Gasteiger partial charge on any atom is -0.486 e. The fourth-order valence-corrected chi connectivity index (χ4v) is 4.28. The van der Waals surface area contributed by atoms with Crippen LogP contribution in [0.2, 0.25) is 0 Å². The normalized spacial score (nSPS) is 14.4. The van der Waals surface area contributed by atoms with Gasteiger partial charge in [-0.25, -0.2) is 8.42 Å². The second-order valence-electron chi connectivity index (χ2n) is 6.52. The molecule has 1 heterocycles. The lowest BCUT2D eigenvalue weighted by Gasteiger charge is -2.19. The molecule has 7 heteroatoms. The summed E-state index contributed by atoms with van der Waals surface area (Å²) in [5.41, 5.74) is 2.09. The number of sulfone groups is 1. The van der Waals surface area contributed by atoms with Crippen molar-refractivity contribution in [3.63, 3.8) is 0 Å². The molecule has 6 nitrogen and oxygen atoms in total. The van der Waals surface area contributed by atoms with Gasteiger partial charge < -0.3 is 14.8 Å². The number of nitrogens with one attached hydrogen (secondary N) is 1. The molecule has 1 aliphatic heterocycles. The number of benzene rings is 2. The highest BCUT2D eigenvalue weighted by molar-refractivity contribution is 7.91. The van der Waals surface area contributed by atoms with Gasteiger partial charge in [0.25, 0.3) is 0 Å². The molecule has 1 atom stereocenters. The van der Waals surface area contributed by atoms with E-state index in [1.54, 1.807) is 6.07 Å². The van der Waals surface area contributed by atoms with E-state index in [1.165, 1.54) is 12.1 Å². The zero-order valence-corrected chi connectivity index (χ0v) is 16.2. The quantitative estimate of drug-likeness (QED) is 0.822. The van der Waals surface area contributed by atoms with Crippen molar-refractivity contribution >= 4 is 15.7 Å². The molecule has 27 heavy (non-hydrogen) atoms.